The van der Waals surface area contributed by atoms with Crippen molar-refractivity contribution in [3.8, 4) is 0 Å². The summed E-state index contributed by atoms with van der Waals surface area (Å²) in [6, 6.07) is -0.113. The van der Waals surface area contributed by atoms with Gasteiger partial charge in [0.25, 0.3) is 0 Å². The maximum absolute atomic E-state index is 11.4. The Kier molecular flexibility index (Phi) is 3.68. The van der Waals surface area contributed by atoms with E-state index >= 15 is 0 Å². The molecule has 1 fully saturated rings. The molecule has 1 saturated heterocycles. The first-order valence-electron chi connectivity index (χ1n) is 5.12. The molecular formula is C10H18N2O3. The first kappa shape index (κ1) is 12.0. The third kappa shape index (κ3) is 2.68. The Bertz CT molecular complexity index is 267. The van der Waals surface area contributed by atoms with Crippen molar-refractivity contribution in [2.24, 2.45) is 0 Å². The van der Waals surface area contributed by atoms with E-state index < -0.39 is 5.97 Å². The van der Waals surface area contributed by atoms with Crippen molar-refractivity contribution in [3.63, 3.8) is 0 Å². The lowest BCUT2D eigenvalue weighted by molar-refractivity contribution is -0.143. The molecule has 5 nitrogen and oxygen atoms in total. The number of nitrogens with zero attached hydrogens (tertiary/aromatic N) is 2. The molecule has 1 heterocycles. The van der Waals surface area contributed by atoms with E-state index in [-0.39, 0.29) is 24.4 Å². The summed E-state index contributed by atoms with van der Waals surface area (Å²) in [5, 5.41) is 8.81. The zero-order valence-corrected chi connectivity index (χ0v) is 9.43. The Balaban J connectivity index is 2.79. The maximum Gasteiger partial charge on any atom is 0.305 e. The molecule has 1 amide bonds. The van der Waals surface area contributed by atoms with Gasteiger partial charge in [-0.1, -0.05) is 0 Å². The summed E-state index contributed by atoms with van der Waals surface area (Å²) in [5.74, 6) is -0.894. The third-order valence-corrected chi connectivity index (χ3v) is 3.13. The molecule has 1 aliphatic rings. The number of hydrogen-bond acceptors (Lipinski definition) is 3. The highest BCUT2D eigenvalue weighted by Gasteiger charge is 2.34. The largest absolute Gasteiger partial charge is 0.481 e. The number of aliphatic carboxylic acids is 1. The average molecular weight is 214 g/mol. The summed E-state index contributed by atoms with van der Waals surface area (Å²) >= 11 is 0. The first-order valence-corrected chi connectivity index (χ1v) is 5.12. The molecule has 0 aliphatic carbocycles. The molecule has 1 aliphatic heterocycles. The van der Waals surface area contributed by atoms with Gasteiger partial charge in [-0.2, -0.15) is 0 Å². The Morgan fingerprint density at radius 3 is 2.47 bits per heavy atom. The molecule has 0 aromatic heterocycles. The minimum atomic E-state index is -0.853. The van der Waals surface area contributed by atoms with Gasteiger partial charge in [0.2, 0.25) is 5.91 Å². The number of carboxylic acids is 1. The molecule has 0 unspecified atom stereocenters. The van der Waals surface area contributed by atoms with Crippen LogP contribution in [0.25, 0.3) is 0 Å². The fourth-order valence-electron chi connectivity index (χ4n) is 2.04. The first-order chi connectivity index (χ1) is 6.93. The SMILES string of the molecule is CC(=O)N1CCN(C)[C@@H](C)[C@@H]1CC(=O)O. The second-order valence-corrected chi connectivity index (χ2v) is 4.10. The van der Waals surface area contributed by atoms with Crippen molar-refractivity contribution in [2.75, 3.05) is 20.1 Å². The second-order valence-electron chi connectivity index (χ2n) is 4.10. The average Bonchev–Trinajstić information content (AvgIpc) is 2.12. The fraction of sp³-hybridized carbons (Fsp3) is 0.800. The molecule has 0 radical (unpaired) electrons. The number of piperazine rings is 1. The molecule has 1 rings (SSSR count). The topological polar surface area (TPSA) is 60.9 Å². The van der Waals surface area contributed by atoms with Crippen molar-refractivity contribution >= 4 is 11.9 Å². The molecule has 2 atom stereocenters. The van der Waals surface area contributed by atoms with E-state index in [2.05, 4.69) is 4.90 Å². The van der Waals surface area contributed by atoms with E-state index in [1.807, 2.05) is 14.0 Å². The van der Waals surface area contributed by atoms with Gasteiger partial charge in [0.05, 0.1) is 12.5 Å². The number of amides is 1. The molecule has 0 spiro atoms. The summed E-state index contributed by atoms with van der Waals surface area (Å²) < 4.78 is 0. The molecule has 0 aromatic rings. The van der Waals surface area contributed by atoms with E-state index in [1.54, 1.807) is 4.90 Å². The summed E-state index contributed by atoms with van der Waals surface area (Å²) in [6.07, 6.45) is 0.0189. The molecule has 0 aromatic carbocycles. The summed E-state index contributed by atoms with van der Waals surface area (Å²) in [6.45, 7) is 4.88. The van der Waals surface area contributed by atoms with E-state index in [4.69, 9.17) is 5.11 Å². The smallest absolute Gasteiger partial charge is 0.305 e. The number of carboxylic acid groups (broad SMARTS) is 1. The Morgan fingerprint density at radius 1 is 1.40 bits per heavy atom. The van der Waals surface area contributed by atoms with Crippen molar-refractivity contribution in [1.29, 1.82) is 0 Å². The molecule has 86 valence electrons. The van der Waals surface area contributed by atoms with Crippen molar-refractivity contribution in [3.05, 3.63) is 0 Å². The van der Waals surface area contributed by atoms with Gasteiger partial charge in [-0.3, -0.25) is 14.5 Å². The number of hydrogen-bond donors (Lipinski definition) is 1. The van der Waals surface area contributed by atoms with Gasteiger partial charge in [0.15, 0.2) is 0 Å². The van der Waals surface area contributed by atoms with Crippen LogP contribution in [0.3, 0.4) is 0 Å². The normalized spacial score (nSPS) is 27.8. The highest BCUT2D eigenvalue weighted by Crippen LogP contribution is 2.18. The number of carbonyl (C=O) groups is 2. The van der Waals surface area contributed by atoms with Gasteiger partial charge >= 0.3 is 5.97 Å². The van der Waals surface area contributed by atoms with Gasteiger partial charge < -0.3 is 10.0 Å². The predicted molar refractivity (Wildman–Crippen MR) is 55.5 cm³/mol. The van der Waals surface area contributed by atoms with Crippen LogP contribution < -0.4 is 0 Å². The van der Waals surface area contributed by atoms with Crippen LogP contribution in [-0.2, 0) is 9.59 Å². The van der Waals surface area contributed by atoms with Crippen molar-refractivity contribution in [2.45, 2.75) is 32.4 Å². The third-order valence-electron chi connectivity index (χ3n) is 3.13. The van der Waals surface area contributed by atoms with Gasteiger partial charge in [0, 0.05) is 26.1 Å². The minimum Gasteiger partial charge on any atom is -0.481 e. The van der Waals surface area contributed by atoms with Gasteiger partial charge in [-0.25, -0.2) is 0 Å². The summed E-state index contributed by atoms with van der Waals surface area (Å²) in [7, 11) is 1.96. The van der Waals surface area contributed by atoms with Crippen LogP contribution in [-0.4, -0.2) is 59.0 Å². The number of likely N-dealkylation sites (N-methyl/N-ethyl adjacent to an activating group) is 1. The second kappa shape index (κ2) is 4.61. The molecule has 15 heavy (non-hydrogen) atoms. The van der Waals surface area contributed by atoms with Crippen LogP contribution in [0.5, 0.6) is 0 Å². The Labute approximate surface area is 89.7 Å². The zero-order valence-electron chi connectivity index (χ0n) is 9.43. The quantitative estimate of drug-likeness (QED) is 0.703. The van der Waals surface area contributed by atoms with Crippen LogP contribution in [0.1, 0.15) is 20.3 Å². The van der Waals surface area contributed by atoms with Crippen LogP contribution in [0.2, 0.25) is 0 Å². The Morgan fingerprint density at radius 2 is 2.00 bits per heavy atom. The van der Waals surface area contributed by atoms with E-state index in [1.165, 1.54) is 6.92 Å². The zero-order chi connectivity index (χ0) is 11.6. The highest BCUT2D eigenvalue weighted by molar-refractivity contribution is 5.75. The van der Waals surface area contributed by atoms with E-state index in [0.717, 1.165) is 6.54 Å². The lowest BCUT2D eigenvalue weighted by atomic mass is 10.00. The number of carbonyl (C=O) groups excluding carboxylic acids is 1. The lowest BCUT2D eigenvalue weighted by Crippen LogP contribution is -2.59. The molecule has 0 saturated carbocycles. The molecule has 5 heteroatoms. The van der Waals surface area contributed by atoms with Crippen LogP contribution in [0, 0.1) is 0 Å². The fourth-order valence-corrected chi connectivity index (χ4v) is 2.04. The molecule has 0 bridgehead atoms. The van der Waals surface area contributed by atoms with Crippen LogP contribution in [0.15, 0.2) is 0 Å². The predicted octanol–water partition coefficient (Wildman–Crippen LogP) is 0.0121. The highest BCUT2D eigenvalue weighted by atomic mass is 16.4. The molecular weight excluding hydrogens is 196 g/mol. The maximum atomic E-state index is 11.4. The van der Waals surface area contributed by atoms with Crippen molar-refractivity contribution < 1.29 is 14.7 Å². The van der Waals surface area contributed by atoms with E-state index in [9.17, 15) is 9.59 Å². The van der Waals surface area contributed by atoms with Gasteiger partial charge in [0.1, 0.15) is 0 Å². The monoisotopic (exact) mass is 214 g/mol. The Hall–Kier alpha value is -1.10. The minimum absolute atomic E-state index is 0.0189. The van der Waals surface area contributed by atoms with E-state index in [0.29, 0.717) is 6.54 Å². The van der Waals surface area contributed by atoms with Crippen LogP contribution >= 0.6 is 0 Å². The van der Waals surface area contributed by atoms with Crippen LogP contribution in [0.4, 0.5) is 0 Å². The van der Waals surface area contributed by atoms with Gasteiger partial charge in [-0.15, -0.1) is 0 Å². The summed E-state index contributed by atoms with van der Waals surface area (Å²) in [5.41, 5.74) is 0. The summed E-state index contributed by atoms with van der Waals surface area (Å²) in [4.78, 5) is 25.8. The van der Waals surface area contributed by atoms with Gasteiger partial charge in [-0.05, 0) is 14.0 Å². The standard InChI is InChI=1S/C10H18N2O3/c1-7-9(6-10(14)15)12(8(2)13)5-4-11(7)3/h7,9H,4-6H2,1-3H3,(H,14,15)/t7-,9-/m0/s1. The number of rotatable bonds is 2. The lowest BCUT2D eigenvalue weighted by Gasteiger charge is -2.44. The van der Waals surface area contributed by atoms with Crippen molar-refractivity contribution in [1.82, 2.24) is 9.80 Å². The molecule has 1 N–H and O–H groups in total.